The van der Waals surface area contributed by atoms with E-state index < -0.39 is 0 Å². The summed E-state index contributed by atoms with van der Waals surface area (Å²) in [4.78, 5) is 0. The zero-order valence-electron chi connectivity index (χ0n) is 11.0. The molecule has 0 aromatic carbocycles. The van der Waals surface area contributed by atoms with Gasteiger partial charge in [0, 0.05) is 25.2 Å². The number of hydrogen-bond acceptors (Lipinski definition) is 3. The molecular formula is C13H30N2O. The fourth-order valence-corrected chi connectivity index (χ4v) is 1.94. The highest BCUT2D eigenvalue weighted by molar-refractivity contribution is 4.72. The van der Waals surface area contributed by atoms with Gasteiger partial charge in [0.2, 0.25) is 0 Å². The Morgan fingerprint density at radius 2 is 1.81 bits per heavy atom. The summed E-state index contributed by atoms with van der Waals surface area (Å²) in [5.74, 6) is 0. The summed E-state index contributed by atoms with van der Waals surface area (Å²) in [5.41, 5.74) is 5.73. The van der Waals surface area contributed by atoms with Crippen LogP contribution in [-0.2, 0) is 0 Å². The van der Waals surface area contributed by atoms with Gasteiger partial charge in [0.25, 0.3) is 0 Å². The second-order valence-electron chi connectivity index (χ2n) is 4.72. The molecule has 0 radical (unpaired) electrons. The molecule has 0 fully saturated rings. The first-order valence-electron chi connectivity index (χ1n) is 6.81. The molecule has 0 aliphatic heterocycles. The molecule has 0 rings (SSSR count). The zero-order valence-corrected chi connectivity index (χ0v) is 11.0. The first-order valence-corrected chi connectivity index (χ1v) is 6.81. The topological polar surface area (TPSA) is 58.3 Å². The lowest BCUT2D eigenvalue weighted by atomic mass is 10.1. The van der Waals surface area contributed by atoms with Crippen molar-refractivity contribution >= 4 is 0 Å². The van der Waals surface area contributed by atoms with Gasteiger partial charge in [-0.05, 0) is 19.8 Å². The van der Waals surface area contributed by atoms with E-state index in [-0.39, 0.29) is 6.61 Å². The van der Waals surface area contributed by atoms with E-state index >= 15 is 0 Å². The Kier molecular flexibility index (Phi) is 11.3. The highest BCUT2D eigenvalue weighted by Crippen LogP contribution is 2.07. The monoisotopic (exact) mass is 230 g/mol. The highest BCUT2D eigenvalue weighted by Gasteiger charge is 2.09. The Bertz CT molecular complexity index is 142. The Balaban J connectivity index is 3.50. The van der Waals surface area contributed by atoms with Gasteiger partial charge in [-0.25, -0.2) is 0 Å². The molecule has 16 heavy (non-hydrogen) atoms. The summed E-state index contributed by atoms with van der Waals surface area (Å²) >= 11 is 0. The van der Waals surface area contributed by atoms with Gasteiger partial charge in [-0.15, -0.1) is 0 Å². The van der Waals surface area contributed by atoms with Crippen LogP contribution in [0.5, 0.6) is 0 Å². The van der Waals surface area contributed by atoms with Crippen LogP contribution in [0.15, 0.2) is 0 Å². The lowest BCUT2D eigenvalue weighted by Crippen LogP contribution is -2.41. The molecule has 3 heteroatoms. The Morgan fingerprint density at radius 3 is 2.38 bits per heavy atom. The number of nitrogens with one attached hydrogen (secondary N) is 1. The van der Waals surface area contributed by atoms with Gasteiger partial charge in [-0.1, -0.05) is 39.0 Å². The number of rotatable bonds is 11. The average Bonchev–Trinajstić information content (AvgIpc) is 2.27. The van der Waals surface area contributed by atoms with Crippen molar-refractivity contribution in [2.24, 2.45) is 5.73 Å². The van der Waals surface area contributed by atoms with E-state index in [1.54, 1.807) is 0 Å². The molecule has 0 aliphatic carbocycles. The van der Waals surface area contributed by atoms with Crippen LogP contribution < -0.4 is 11.1 Å². The number of nitrogens with two attached hydrogens (primary N) is 1. The summed E-state index contributed by atoms with van der Waals surface area (Å²) in [7, 11) is 0. The molecule has 0 saturated carbocycles. The maximum Gasteiger partial charge on any atom is 0.0445 e. The number of aliphatic hydroxyl groups excluding tert-OH is 1. The van der Waals surface area contributed by atoms with E-state index in [0.717, 1.165) is 12.8 Å². The summed E-state index contributed by atoms with van der Waals surface area (Å²) < 4.78 is 0. The molecule has 0 aromatic rings. The molecule has 0 bridgehead atoms. The van der Waals surface area contributed by atoms with Gasteiger partial charge < -0.3 is 16.2 Å². The third kappa shape index (κ3) is 9.13. The van der Waals surface area contributed by atoms with E-state index in [0.29, 0.717) is 18.6 Å². The van der Waals surface area contributed by atoms with Crippen LogP contribution in [-0.4, -0.2) is 30.3 Å². The second kappa shape index (κ2) is 11.4. The Hall–Kier alpha value is -0.120. The third-order valence-corrected chi connectivity index (χ3v) is 3.02. The van der Waals surface area contributed by atoms with Crippen molar-refractivity contribution in [3.63, 3.8) is 0 Å². The normalized spacial score (nSPS) is 15.0. The van der Waals surface area contributed by atoms with Crippen molar-refractivity contribution in [3.05, 3.63) is 0 Å². The van der Waals surface area contributed by atoms with Crippen LogP contribution in [0, 0.1) is 0 Å². The second-order valence-corrected chi connectivity index (χ2v) is 4.72. The lowest BCUT2D eigenvalue weighted by Gasteiger charge is -2.21. The van der Waals surface area contributed by atoms with Crippen molar-refractivity contribution in [2.75, 3.05) is 13.2 Å². The fourth-order valence-electron chi connectivity index (χ4n) is 1.94. The summed E-state index contributed by atoms with van der Waals surface area (Å²) in [6.45, 7) is 5.29. The molecule has 0 spiro atoms. The van der Waals surface area contributed by atoms with Crippen molar-refractivity contribution in [1.29, 1.82) is 0 Å². The molecule has 2 atom stereocenters. The van der Waals surface area contributed by atoms with E-state index in [4.69, 9.17) is 10.8 Å². The number of hydrogen-bond donors (Lipinski definition) is 3. The molecule has 0 heterocycles. The predicted octanol–water partition coefficient (Wildman–Crippen LogP) is 2.03. The van der Waals surface area contributed by atoms with Crippen LogP contribution in [0.3, 0.4) is 0 Å². The van der Waals surface area contributed by atoms with Gasteiger partial charge in [-0.2, -0.15) is 0 Å². The minimum atomic E-state index is 0.252. The van der Waals surface area contributed by atoms with Crippen LogP contribution in [0.1, 0.15) is 58.8 Å². The Labute approximate surface area is 101 Å². The molecule has 2 unspecified atom stereocenters. The lowest BCUT2D eigenvalue weighted by molar-refractivity contribution is 0.261. The van der Waals surface area contributed by atoms with Crippen LogP contribution in [0.2, 0.25) is 0 Å². The molecule has 0 aromatic heterocycles. The fraction of sp³-hybridized carbons (Fsp3) is 1.00. The SMILES string of the molecule is CCCCCCCC(CN)NC(C)CCO. The van der Waals surface area contributed by atoms with E-state index in [9.17, 15) is 0 Å². The van der Waals surface area contributed by atoms with E-state index in [1.807, 2.05) is 0 Å². The molecular weight excluding hydrogens is 200 g/mol. The molecule has 4 N–H and O–H groups in total. The van der Waals surface area contributed by atoms with Crippen molar-refractivity contribution < 1.29 is 5.11 Å². The molecule has 3 nitrogen and oxygen atoms in total. The minimum absolute atomic E-state index is 0.252. The van der Waals surface area contributed by atoms with Crippen molar-refractivity contribution in [1.82, 2.24) is 5.32 Å². The van der Waals surface area contributed by atoms with Crippen LogP contribution in [0.4, 0.5) is 0 Å². The standard InChI is InChI=1S/C13H30N2O/c1-3-4-5-6-7-8-13(11-14)15-12(2)9-10-16/h12-13,15-16H,3-11,14H2,1-2H3. The van der Waals surface area contributed by atoms with Crippen LogP contribution in [0.25, 0.3) is 0 Å². The van der Waals surface area contributed by atoms with Gasteiger partial charge in [0.05, 0.1) is 0 Å². The maximum atomic E-state index is 8.82. The number of aliphatic hydroxyl groups is 1. The van der Waals surface area contributed by atoms with Crippen LogP contribution >= 0.6 is 0 Å². The molecule has 98 valence electrons. The Morgan fingerprint density at radius 1 is 1.12 bits per heavy atom. The van der Waals surface area contributed by atoms with Gasteiger partial charge in [0.15, 0.2) is 0 Å². The summed E-state index contributed by atoms with van der Waals surface area (Å²) in [6.07, 6.45) is 8.55. The van der Waals surface area contributed by atoms with Gasteiger partial charge in [0.1, 0.15) is 0 Å². The summed E-state index contributed by atoms with van der Waals surface area (Å²) in [5, 5.41) is 12.3. The van der Waals surface area contributed by atoms with E-state index in [2.05, 4.69) is 19.2 Å². The molecule has 0 amide bonds. The predicted molar refractivity (Wildman–Crippen MR) is 70.5 cm³/mol. The van der Waals surface area contributed by atoms with Crippen molar-refractivity contribution in [3.8, 4) is 0 Å². The third-order valence-electron chi connectivity index (χ3n) is 3.02. The smallest absolute Gasteiger partial charge is 0.0445 e. The minimum Gasteiger partial charge on any atom is -0.396 e. The van der Waals surface area contributed by atoms with Gasteiger partial charge >= 0.3 is 0 Å². The maximum absolute atomic E-state index is 8.82. The van der Waals surface area contributed by atoms with E-state index in [1.165, 1.54) is 32.1 Å². The van der Waals surface area contributed by atoms with Crippen molar-refractivity contribution in [2.45, 2.75) is 70.9 Å². The summed E-state index contributed by atoms with van der Waals surface area (Å²) in [6, 6.07) is 0.789. The molecule has 0 aliphatic rings. The number of unbranched alkanes of at least 4 members (excludes halogenated alkanes) is 4. The largest absolute Gasteiger partial charge is 0.396 e. The van der Waals surface area contributed by atoms with Gasteiger partial charge in [-0.3, -0.25) is 0 Å². The zero-order chi connectivity index (χ0) is 12.2. The first-order chi connectivity index (χ1) is 7.74. The quantitative estimate of drug-likeness (QED) is 0.476. The highest BCUT2D eigenvalue weighted by atomic mass is 16.3. The molecule has 0 saturated heterocycles. The average molecular weight is 230 g/mol. The first kappa shape index (κ1) is 15.9.